The monoisotopic (exact) mass is 545 g/mol. The van der Waals surface area contributed by atoms with Gasteiger partial charge in [0, 0.05) is 23.1 Å². The van der Waals surface area contributed by atoms with Crippen LogP contribution in [-0.2, 0) is 6.11 Å². The normalized spacial score (nSPS) is 17.8. The van der Waals surface area contributed by atoms with E-state index in [-0.39, 0.29) is 11.1 Å². The molecule has 0 bridgehead atoms. The summed E-state index contributed by atoms with van der Waals surface area (Å²) in [4.78, 5) is 3.98. The molecule has 1 saturated carbocycles. The molecule has 5 rings (SSSR count). The highest BCUT2D eigenvalue weighted by Crippen LogP contribution is 2.38. The van der Waals surface area contributed by atoms with E-state index < -0.39 is 40.1 Å². The van der Waals surface area contributed by atoms with E-state index in [4.69, 9.17) is 4.74 Å². The van der Waals surface area contributed by atoms with Gasteiger partial charge in [0.1, 0.15) is 11.6 Å². The van der Waals surface area contributed by atoms with E-state index in [0.717, 1.165) is 55.1 Å². The summed E-state index contributed by atoms with van der Waals surface area (Å²) in [5.41, 5.74) is 0.462. The van der Waals surface area contributed by atoms with Crippen LogP contribution in [0, 0.1) is 46.9 Å². The highest BCUT2D eigenvalue weighted by Gasteiger charge is 2.39. The molecule has 38 heavy (non-hydrogen) atoms. The summed E-state index contributed by atoms with van der Waals surface area (Å²) in [7, 11) is 0. The van der Waals surface area contributed by atoms with Crippen LogP contribution in [0.25, 0.3) is 21.3 Å². The van der Waals surface area contributed by atoms with Crippen molar-refractivity contribution in [2.45, 2.75) is 38.7 Å². The molecular formula is C29H21F6NOS. The maximum Gasteiger partial charge on any atom is 0.454 e. The number of aromatic nitrogens is 1. The summed E-state index contributed by atoms with van der Waals surface area (Å²) in [6.45, 7) is 2.24. The lowest BCUT2D eigenvalue weighted by Gasteiger charge is -2.21. The average Bonchev–Trinajstić information content (AvgIpc) is 3.31. The van der Waals surface area contributed by atoms with Crippen LogP contribution < -0.4 is 4.74 Å². The van der Waals surface area contributed by atoms with Gasteiger partial charge in [-0.25, -0.2) is 22.5 Å². The van der Waals surface area contributed by atoms with Crippen LogP contribution >= 0.6 is 11.3 Å². The van der Waals surface area contributed by atoms with E-state index in [1.807, 2.05) is 0 Å². The van der Waals surface area contributed by atoms with Crippen molar-refractivity contribution in [2.24, 2.45) is 11.8 Å². The second-order valence-corrected chi connectivity index (χ2v) is 10.5. The SMILES string of the molecule is CC1CCC(C#Cc2ccc3nc(C(F)(F)Oc4ccc(-c5cc(F)c(F)c(F)c5)c(F)c4)sc3c2)CC1. The number of halogens is 6. The first-order chi connectivity index (χ1) is 18.1. The Kier molecular flexibility index (Phi) is 7.10. The lowest BCUT2D eigenvalue weighted by Crippen LogP contribution is -2.21. The molecule has 0 unspecified atom stereocenters. The molecular weight excluding hydrogens is 524 g/mol. The van der Waals surface area contributed by atoms with Gasteiger partial charge in [0.15, 0.2) is 17.5 Å². The lowest BCUT2D eigenvalue weighted by molar-refractivity contribution is -0.185. The third-order valence-corrected chi connectivity index (χ3v) is 7.62. The Hall–Kier alpha value is -3.51. The number of nitrogens with zero attached hydrogens (tertiary/aromatic N) is 1. The molecule has 3 aromatic carbocycles. The molecule has 0 amide bonds. The predicted octanol–water partition coefficient (Wildman–Crippen LogP) is 8.83. The van der Waals surface area contributed by atoms with Crippen molar-refractivity contribution in [2.75, 3.05) is 0 Å². The second-order valence-electron chi connectivity index (χ2n) is 9.44. The van der Waals surface area contributed by atoms with Gasteiger partial charge in [0.2, 0.25) is 5.01 Å². The number of rotatable bonds is 4. The first-order valence-electron chi connectivity index (χ1n) is 12.0. The van der Waals surface area contributed by atoms with Crippen LogP contribution in [0.2, 0.25) is 0 Å². The molecule has 1 aliphatic carbocycles. The predicted molar refractivity (Wildman–Crippen MR) is 134 cm³/mol. The van der Waals surface area contributed by atoms with Crippen LogP contribution in [0.15, 0.2) is 48.5 Å². The molecule has 0 aliphatic heterocycles. The standard InChI is InChI=1S/C29H21F6NOS/c1-16-2-4-17(5-3-16)6-7-18-8-11-25-26(12-18)38-28(36-25)29(34,35)37-20-9-10-21(22(30)15-20)19-13-23(31)27(33)24(32)14-19/h8-17H,2-5H2,1H3. The van der Waals surface area contributed by atoms with Gasteiger partial charge in [-0.15, -0.1) is 11.3 Å². The van der Waals surface area contributed by atoms with Crippen molar-refractivity contribution in [1.82, 2.24) is 4.98 Å². The highest BCUT2D eigenvalue weighted by molar-refractivity contribution is 7.18. The first kappa shape index (κ1) is 26.1. The minimum absolute atomic E-state index is 0.291. The maximum atomic E-state index is 14.9. The molecule has 1 heterocycles. The molecule has 1 aromatic heterocycles. The molecule has 0 N–H and O–H groups in total. The molecule has 0 radical (unpaired) electrons. The number of hydrogen-bond acceptors (Lipinski definition) is 3. The lowest BCUT2D eigenvalue weighted by atomic mass is 9.83. The van der Waals surface area contributed by atoms with E-state index in [0.29, 0.717) is 39.9 Å². The molecule has 0 spiro atoms. The van der Waals surface area contributed by atoms with Crippen molar-refractivity contribution in [3.05, 3.63) is 82.4 Å². The fourth-order valence-corrected chi connectivity index (χ4v) is 5.33. The summed E-state index contributed by atoms with van der Waals surface area (Å²) in [6.07, 6.45) is 0.549. The van der Waals surface area contributed by atoms with Gasteiger partial charge >= 0.3 is 6.11 Å². The Morgan fingerprint density at radius 3 is 2.29 bits per heavy atom. The third kappa shape index (κ3) is 5.51. The number of hydrogen-bond donors (Lipinski definition) is 0. The van der Waals surface area contributed by atoms with Gasteiger partial charge in [-0.1, -0.05) is 18.8 Å². The van der Waals surface area contributed by atoms with Crippen molar-refractivity contribution in [3.8, 4) is 28.7 Å². The fraction of sp³-hybridized carbons (Fsp3) is 0.276. The quantitative estimate of drug-likeness (QED) is 0.145. The van der Waals surface area contributed by atoms with Crippen LogP contribution in [0.4, 0.5) is 26.3 Å². The number of alkyl halides is 2. The zero-order valence-electron chi connectivity index (χ0n) is 20.1. The number of fused-ring (bicyclic) bond motifs is 1. The molecule has 9 heteroatoms. The summed E-state index contributed by atoms with van der Waals surface area (Å²) >= 11 is 0.742. The number of thiazole rings is 1. The van der Waals surface area contributed by atoms with E-state index in [1.165, 1.54) is 0 Å². The van der Waals surface area contributed by atoms with E-state index in [2.05, 4.69) is 23.7 Å². The van der Waals surface area contributed by atoms with Gasteiger partial charge in [-0.05, 0) is 79.6 Å². The second kappa shape index (κ2) is 10.3. The summed E-state index contributed by atoms with van der Waals surface area (Å²) in [5, 5.41) is -0.619. The number of benzene rings is 3. The van der Waals surface area contributed by atoms with Crippen LogP contribution in [-0.4, -0.2) is 4.98 Å². The van der Waals surface area contributed by atoms with Crippen LogP contribution in [0.5, 0.6) is 5.75 Å². The maximum absolute atomic E-state index is 14.9. The molecule has 2 nitrogen and oxygen atoms in total. The minimum Gasteiger partial charge on any atom is -0.427 e. The Bertz CT molecular complexity index is 1540. The zero-order chi connectivity index (χ0) is 27.0. The largest absolute Gasteiger partial charge is 0.454 e. The van der Waals surface area contributed by atoms with Crippen molar-refractivity contribution >= 4 is 21.6 Å². The van der Waals surface area contributed by atoms with E-state index in [1.54, 1.807) is 18.2 Å². The van der Waals surface area contributed by atoms with Gasteiger partial charge < -0.3 is 4.74 Å². The molecule has 0 atom stereocenters. The average molecular weight is 546 g/mol. The van der Waals surface area contributed by atoms with Crippen molar-refractivity contribution < 1.29 is 31.1 Å². The van der Waals surface area contributed by atoms with Gasteiger partial charge in [-0.2, -0.15) is 8.78 Å². The van der Waals surface area contributed by atoms with Gasteiger partial charge in [0.05, 0.1) is 10.2 Å². The van der Waals surface area contributed by atoms with E-state index in [9.17, 15) is 26.3 Å². The van der Waals surface area contributed by atoms with Gasteiger partial charge in [-0.3, -0.25) is 0 Å². The molecule has 0 saturated heterocycles. The zero-order valence-corrected chi connectivity index (χ0v) is 20.9. The smallest absolute Gasteiger partial charge is 0.427 e. The number of ether oxygens (including phenoxy) is 1. The topological polar surface area (TPSA) is 22.1 Å². The van der Waals surface area contributed by atoms with Crippen molar-refractivity contribution in [1.29, 1.82) is 0 Å². The van der Waals surface area contributed by atoms with Crippen molar-refractivity contribution in [3.63, 3.8) is 0 Å². The third-order valence-electron chi connectivity index (χ3n) is 6.56. The first-order valence-corrected chi connectivity index (χ1v) is 12.8. The summed E-state index contributed by atoms with van der Waals surface area (Å²) < 4.78 is 90.0. The Balaban J connectivity index is 1.34. The summed E-state index contributed by atoms with van der Waals surface area (Å²) in [5.74, 6) is 1.20. The summed E-state index contributed by atoms with van der Waals surface area (Å²) in [6, 6.07) is 8.99. The Labute approximate surface area is 219 Å². The highest BCUT2D eigenvalue weighted by atomic mass is 32.1. The minimum atomic E-state index is -3.88. The van der Waals surface area contributed by atoms with Crippen LogP contribution in [0.3, 0.4) is 0 Å². The van der Waals surface area contributed by atoms with Crippen LogP contribution in [0.1, 0.15) is 43.2 Å². The Morgan fingerprint density at radius 1 is 0.895 bits per heavy atom. The molecule has 1 aliphatic rings. The molecule has 196 valence electrons. The van der Waals surface area contributed by atoms with Gasteiger partial charge in [0.25, 0.3) is 0 Å². The molecule has 1 fully saturated rings. The van der Waals surface area contributed by atoms with E-state index >= 15 is 0 Å². The molecule has 4 aromatic rings. The fourth-order valence-electron chi connectivity index (χ4n) is 4.41. The Morgan fingerprint density at radius 2 is 1.61 bits per heavy atom.